The number of phenolic OH excluding ortho intramolecular Hbond substituents is 1. The lowest BCUT2D eigenvalue weighted by Gasteiger charge is -2.60. The van der Waals surface area contributed by atoms with Crippen molar-refractivity contribution in [1.82, 2.24) is 9.80 Å². The van der Waals surface area contributed by atoms with Crippen molar-refractivity contribution in [2.45, 2.75) is 68.5 Å². The van der Waals surface area contributed by atoms with Crippen LogP contribution in [-0.2, 0) is 11.8 Å². The van der Waals surface area contributed by atoms with Crippen molar-refractivity contribution in [1.29, 1.82) is 0 Å². The first-order valence-electron chi connectivity index (χ1n) is 10.7. The SMILES string of the molecule is CN1CCC23c4c5ccc(O)c4OC2C(N2CCCCC2)CCC3C1C5. The van der Waals surface area contributed by atoms with E-state index in [1.165, 1.54) is 62.7 Å². The number of rotatable bonds is 1. The molecule has 3 aliphatic heterocycles. The Bertz CT molecular complexity index is 744. The second kappa shape index (κ2) is 5.39. The summed E-state index contributed by atoms with van der Waals surface area (Å²) in [6, 6.07) is 5.20. The molecule has 3 fully saturated rings. The lowest BCUT2D eigenvalue weighted by Crippen LogP contribution is -2.68. The molecule has 0 radical (unpaired) electrons. The number of phenols is 1. The molecule has 6 rings (SSSR count). The van der Waals surface area contributed by atoms with E-state index >= 15 is 0 Å². The van der Waals surface area contributed by atoms with Crippen molar-refractivity contribution in [2.24, 2.45) is 5.92 Å². The molecular formula is C22H30N2O2. The molecule has 2 saturated heterocycles. The van der Waals surface area contributed by atoms with Gasteiger partial charge in [0, 0.05) is 23.1 Å². The number of benzene rings is 1. The smallest absolute Gasteiger partial charge is 0.165 e. The molecule has 1 aromatic carbocycles. The third-order valence-electron chi connectivity index (χ3n) is 8.42. The van der Waals surface area contributed by atoms with E-state index in [0.29, 0.717) is 23.8 Å². The Labute approximate surface area is 156 Å². The van der Waals surface area contributed by atoms with E-state index in [0.717, 1.165) is 18.7 Å². The van der Waals surface area contributed by atoms with Gasteiger partial charge in [-0.25, -0.2) is 0 Å². The quantitative estimate of drug-likeness (QED) is 0.841. The minimum absolute atomic E-state index is 0.138. The fraction of sp³-hybridized carbons (Fsp3) is 0.727. The van der Waals surface area contributed by atoms with E-state index in [1.54, 1.807) is 0 Å². The number of hydrogen-bond acceptors (Lipinski definition) is 4. The van der Waals surface area contributed by atoms with Crippen LogP contribution < -0.4 is 4.74 Å². The molecule has 2 bridgehead atoms. The molecule has 140 valence electrons. The Balaban J connectivity index is 1.51. The number of ether oxygens (including phenoxy) is 1. The lowest BCUT2D eigenvalue weighted by molar-refractivity contribution is -0.0855. The molecular weight excluding hydrogens is 324 g/mol. The zero-order chi connectivity index (χ0) is 17.5. The molecule has 5 aliphatic rings. The van der Waals surface area contributed by atoms with Gasteiger partial charge in [-0.15, -0.1) is 0 Å². The Morgan fingerprint density at radius 1 is 1.08 bits per heavy atom. The Hall–Kier alpha value is -1.26. The summed E-state index contributed by atoms with van der Waals surface area (Å²) in [4.78, 5) is 5.33. The first-order chi connectivity index (χ1) is 12.7. The molecule has 2 aliphatic carbocycles. The van der Waals surface area contributed by atoms with Gasteiger partial charge >= 0.3 is 0 Å². The Morgan fingerprint density at radius 2 is 1.92 bits per heavy atom. The van der Waals surface area contributed by atoms with Gasteiger partial charge in [-0.1, -0.05) is 12.5 Å². The molecule has 3 heterocycles. The number of likely N-dealkylation sites (tertiary alicyclic amines) is 2. The van der Waals surface area contributed by atoms with E-state index in [-0.39, 0.29) is 11.5 Å². The summed E-state index contributed by atoms with van der Waals surface area (Å²) in [5, 5.41) is 10.6. The molecule has 1 aromatic rings. The van der Waals surface area contributed by atoms with Crippen molar-refractivity contribution in [3.8, 4) is 11.5 Å². The van der Waals surface area contributed by atoms with Crippen LogP contribution in [0, 0.1) is 5.92 Å². The fourth-order valence-electron chi connectivity index (χ4n) is 7.33. The topological polar surface area (TPSA) is 35.9 Å². The molecule has 5 atom stereocenters. The highest BCUT2D eigenvalue weighted by atomic mass is 16.5. The largest absolute Gasteiger partial charge is 0.504 e. The number of hydrogen-bond donors (Lipinski definition) is 1. The molecule has 5 unspecified atom stereocenters. The van der Waals surface area contributed by atoms with Crippen molar-refractivity contribution < 1.29 is 9.84 Å². The standard InChI is InChI=1S/C22H30N2O2/c1-23-12-9-22-15-6-7-16(24-10-3-2-4-11-24)21(22)26-20-18(25)8-5-14(19(20)22)13-17(15)23/h5,8,15-17,21,25H,2-4,6-7,9-13H2,1H3. The molecule has 4 heteroatoms. The van der Waals surface area contributed by atoms with Crippen molar-refractivity contribution in [3.63, 3.8) is 0 Å². The highest BCUT2D eigenvalue weighted by molar-refractivity contribution is 5.60. The Kier molecular flexibility index (Phi) is 3.27. The highest BCUT2D eigenvalue weighted by Crippen LogP contribution is 2.64. The van der Waals surface area contributed by atoms with Gasteiger partial charge in [-0.05, 0) is 82.8 Å². The predicted molar refractivity (Wildman–Crippen MR) is 101 cm³/mol. The normalized spacial score (nSPS) is 41.6. The molecule has 1 N–H and O–H groups in total. The Morgan fingerprint density at radius 3 is 2.77 bits per heavy atom. The second-order valence-corrected chi connectivity index (χ2v) is 9.38. The summed E-state index contributed by atoms with van der Waals surface area (Å²) in [5.74, 6) is 1.88. The van der Waals surface area contributed by atoms with Crippen LogP contribution in [-0.4, -0.2) is 59.8 Å². The van der Waals surface area contributed by atoms with Gasteiger partial charge in [-0.3, -0.25) is 4.90 Å². The van der Waals surface area contributed by atoms with Crippen molar-refractivity contribution >= 4 is 0 Å². The minimum atomic E-state index is 0.138. The van der Waals surface area contributed by atoms with Gasteiger partial charge in [0.2, 0.25) is 0 Å². The lowest BCUT2D eigenvalue weighted by atomic mass is 9.51. The van der Waals surface area contributed by atoms with Crippen LogP contribution in [0.3, 0.4) is 0 Å². The van der Waals surface area contributed by atoms with Crippen LogP contribution in [0.2, 0.25) is 0 Å². The summed E-state index contributed by atoms with van der Waals surface area (Å²) >= 11 is 0. The average molecular weight is 354 g/mol. The van der Waals surface area contributed by atoms with Crippen LogP contribution in [0.4, 0.5) is 0 Å². The summed E-state index contributed by atoms with van der Waals surface area (Å²) in [7, 11) is 2.31. The minimum Gasteiger partial charge on any atom is -0.504 e. The first-order valence-corrected chi connectivity index (χ1v) is 10.7. The van der Waals surface area contributed by atoms with Gasteiger partial charge in [0.15, 0.2) is 11.5 Å². The van der Waals surface area contributed by atoms with E-state index < -0.39 is 0 Å². The molecule has 0 aromatic heterocycles. The van der Waals surface area contributed by atoms with E-state index in [2.05, 4.69) is 22.9 Å². The van der Waals surface area contributed by atoms with Crippen LogP contribution in [0.5, 0.6) is 11.5 Å². The van der Waals surface area contributed by atoms with Gasteiger partial charge in [0.05, 0.1) is 0 Å². The molecule has 4 nitrogen and oxygen atoms in total. The first kappa shape index (κ1) is 15.8. The molecule has 26 heavy (non-hydrogen) atoms. The van der Waals surface area contributed by atoms with E-state index in [4.69, 9.17) is 4.74 Å². The third kappa shape index (κ3) is 1.83. The average Bonchev–Trinajstić information content (AvgIpc) is 3.02. The fourth-order valence-corrected chi connectivity index (χ4v) is 7.33. The van der Waals surface area contributed by atoms with Gasteiger partial charge in [-0.2, -0.15) is 0 Å². The van der Waals surface area contributed by atoms with Gasteiger partial charge in [0.1, 0.15) is 6.10 Å². The van der Waals surface area contributed by atoms with Crippen LogP contribution in [0.25, 0.3) is 0 Å². The van der Waals surface area contributed by atoms with E-state index in [1.807, 2.05) is 6.07 Å². The number of likely N-dealkylation sites (N-methyl/N-ethyl adjacent to an activating group) is 1. The zero-order valence-electron chi connectivity index (χ0n) is 15.8. The van der Waals surface area contributed by atoms with Crippen LogP contribution in [0.15, 0.2) is 12.1 Å². The van der Waals surface area contributed by atoms with Gasteiger partial charge < -0.3 is 14.7 Å². The molecule has 1 spiro atoms. The molecule has 1 saturated carbocycles. The van der Waals surface area contributed by atoms with E-state index in [9.17, 15) is 5.11 Å². The van der Waals surface area contributed by atoms with Crippen molar-refractivity contribution in [2.75, 3.05) is 26.7 Å². The number of nitrogens with zero attached hydrogens (tertiary/aromatic N) is 2. The third-order valence-corrected chi connectivity index (χ3v) is 8.42. The number of piperidine rings is 2. The van der Waals surface area contributed by atoms with Crippen molar-refractivity contribution in [3.05, 3.63) is 23.3 Å². The maximum atomic E-state index is 10.6. The summed E-state index contributed by atoms with van der Waals surface area (Å²) in [5.41, 5.74) is 2.98. The summed E-state index contributed by atoms with van der Waals surface area (Å²) < 4.78 is 6.70. The predicted octanol–water partition coefficient (Wildman–Crippen LogP) is 2.92. The van der Waals surface area contributed by atoms with Crippen LogP contribution >= 0.6 is 0 Å². The summed E-state index contributed by atoms with van der Waals surface area (Å²) in [6.07, 6.45) is 9.14. The zero-order valence-corrected chi connectivity index (χ0v) is 15.8. The van der Waals surface area contributed by atoms with Gasteiger partial charge in [0.25, 0.3) is 0 Å². The second-order valence-electron chi connectivity index (χ2n) is 9.38. The monoisotopic (exact) mass is 354 g/mol. The summed E-state index contributed by atoms with van der Waals surface area (Å²) in [6.45, 7) is 3.61. The maximum Gasteiger partial charge on any atom is 0.165 e. The van der Waals surface area contributed by atoms with Crippen LogP contribution in [0.1, 0.15) is 49.7 Å². The highest BCUT2D eigenvalue weighted by Gasteiger charge is 2.65. The number of aromatic hydroxyl groups is 1. The maximum absolute atomic E-state index is 10.6. The molecule has 0 amide bonds.